The molecule has 0 spiro atoms. The molecule has 43 heavy (non-hydrogen) atoms. The minimum atomic E-state index is -4.03. The zero-order chi connectivity index (χ0) is 29.0. The maximum absolute atomic E-state index is 14.0. The number of esters is 2. The molecule has 8 heteroatoms. The number of ether oxygens (including phenoxy) is 2. The maximum atomic E-state index is 14.0. The second-order valence-corrected chi connectivity index (χ2v) is 14.3. The van der Waals surface area contributed by atoms with Crippen molar-refractivity contribution in [2.24, 2.45) is 23.7 Å². The Kier molecular flexibility index (Phi) is 5.34. The van der Waals surface area contributed by atoms with Crippen LogP contribution in [0.1, 0.15) is 46.9 Å². The van der Waals surface area contributed by atoms with Crippen LogP contribution in [-0.2, 0) is 28.6 Å². The molecule has 0 N–H and O–H groups in total. The Morgan fingerprint density at radius 2 is 1.37 bits per heavy atom. The summed E-state index contributed by atoms with van der Waals surface area (Å²) < 4.78 is 43.9. The number of fused-ring (bicyclic) bond motifs is 3. The summed E-state index contributed by atoms with van der Waals surface area (Å²) >= 11 is 0. The first-order chi connectivity index (χ1) is 20.9. The van der Waals surface area contributed by atoms with Crippen LogP contribution in [0.15, 0.2) is 91.0 Å². The van der Waals surface area contributed by atoms with Gasteiger partial charge in [-0.2, -0.15) is 8.42 Å². The molecule has 216 valence electrons. The molecule has 7 nitrogen and oxygen atoms in total. The first kappa shape index (κ1) is 25.5. The van der Waals surface area contributed by atoms with Gasteiger partial charge in [0.25, 0.3) is 10.1 Å². The summed E-state index contributed by atoms with van der Waals surface area (Å²) in [7, 11) is -4.03. The van der Waals surface area contributed by atoms with Gasteiger partial charge in [-0.1, -0.05) is 78.9 Å². The fourth-order valence-corrected chi connectivity index (χ4v) is 11.0. The molecule has 7 unspecified atom stereocenters. The third kappa shape index (κ3) is 3.60. The van der Waals surface area contributed by atoms with Crippen LogP contribution in [0, 0.1) is 23.7 Å². The lowest BCUT2D eigenvalue weighted by Gasteiger charge is -2.45. The van der Waals surface area contributed by atoms with Crippen molar-refractivity contribution in [1.29, 1.82) is 0 Å². The normalized spacial score (nSPS) is 33.6. The topological polar surface area (TPSA) is 96.0 Å². The van der Waals surface area contributed by atoms with Crippen molar-refractivity contribution in [1.82, 2.24) is 0 Å². The van der Waals surface area contributed by atoms with Gasteiger partial charge in [0.2, 0.25) is 0 Å². The van der Waals surface area contributed by atoms with Crippen LogP contribution in [-0.4, -0.2) is 37.8 Å². The summed E-state index contributed by atoms with van der Waals surface area (Å²) in [5.41, 5.74) is 4.78. The van der Waals surface area contributed by atoms with E-state index in [0.717, 1.165) is 21.9 Å². The van der Waals surface area contributed by atoms with Crippen molar-refractivity contribution in [3.63, 3.8) is 0 Å². The quantitative estimate of drug-likeness (QED) is 0.180. The van der Waals surface area contributed by atoms with Crippen molar-refractivity contribution < 1.29 is 31.7 Å². The van der Waals surface area contributed by atoms with Crippen LogP contribution in [0.2, 0.25) is 0 Å². The van der Waals surface area contributed by atoms with Crippen LogP contribution in [0.3, 0.4) is 0 Å². The van der Waals surface area contributed by atoms with E-state index in [1.54, 1.807) is 12.1 Å². The SMILES string of the molecule is O=C(OC1C2CC3C1OS(=O)(=O)C3C2C(=O)Oc1ccc2ccccc2c1)C1CC2c3ccccc3C1c1ccccc12. The van der Waals surface area contributed by atoms with E-state index >= 15 is 0 Å². The molecule has 0 amide bonds. The van der Waals surface area contributed by atoms with E-state index in [0.29, 0.717) is 18.6 Å². The molecule has 10 rings (SSSR count). The summed E-state index contributed by atoms with van der Waals surface area (Å²) in [5, 5.41) is 0.926. The average molecular weight is 593 g/mol. The molecule has 5 aliphatic carbocycles. The van der Waals surface area contributed by atoms with Crippen LogP contribution >= 0.6 is 0 Å². The third-order valence-corrected chi connectivity index (χ3v) is 12.4. The Bertz CT molecular complexity index is 1900. The summed E-state index contributed by atoms with van der Waals surface area (Å²) in [5.74, 6) is -2.97. The maximum Gasteiger partial charge on any atom is 0.316 e. The second kappa shape index (κ2) is 9.00. The van der Waals surface area contributed by atoms with Crippen molar-refractivity contribution >= 4 is 32.8 Å². The van der Waals surface area contributed by atoms with E-state index in [4.69, 9.17) is 13.7 Å². The molecule has 3 fully saturated rings. The van der Waals surface area contributed by atoms with E-state index in [1.807, 2.05) is 54.6 Å². The van der Waals surface area contributed by atoms with Gasteiger partial charge in [-0.05, 0) is 58.0 Å². The first-order valence-electron chi connectivity index (χ1n) is 14.9. The molecule has 4 bridgehead atoms. The number of hydrogen-bond acceptors (Lipinski definition) is 7. The van der Waals surface area contributed by atoms with E-state index in [1.165, 1.54) is 11.1 Å². The van der Waals surface area contributed by atoms with Gasteiger partial charge in [0.1, 0.15) is 23.2 Å². The van der Waals surface area contributed by atoms with E-state index in [2.05, 4.69) is 24.3 Å². The minimum Gasteiger partial charge on any atom is -0.459 e. The van der Waals surface area contributed by atoms with Gasteiger partial charge in [0, 0.05) is 23.7 Å². The lowest BCUT2D eigenvalue weighted by Crippen LogP contribution is -2.48. The largest absolute Gasteiger partial charge is 0.459 e. The Balaban J connectivity index is 1.01. The van der Waals surface area contributed by atoms with Gasteiger partial charge in [0.05, 0.1) is 11.8 Å². The van der Waals surface area contributed by atoms with Crippen molar-refractivity contribution in [3.8, 4) is 5.75 Å². The lowest BCUT2D eigenvalue weighted by atomic mass is 9.59. The standard InChI is InChI=1S/C35H28O7S/c36-34(27-16-25-21-9-3-5-11-23(21)29(27)24-12-6-4-10-22(24)25)41-31-26-17-28-32(31)42-43(38,39)33(28)30(26)35(37)40-20-14-13-18-7-1-2-8-19(18)15-20/h1-15,25-33H,16-17H2. The Morgan fingerprint density at radius 3 is 2.09 bits per heavy atom. The Hall–Kier alpha value is -4.01. The summed E-state index contributed by atoms with van der Waals surface area (Å²) in [6, 6.07) is 29.6. The second-order valence-electron chi connectivity index (χ2n) is 12.6. The summed E-state index contributed by atoms with van der Waals surface area (Å²) in [6.07, 6.45) is -0.537. The van der Waals surface area contributed by atoms with E-state index < -0.39 is 57.2 Å². The predicted octanol–water partition coefficient (Wildman–Crippen LogP) is 5.32. The van der Waals surface area contributed by atoms with Crippen molar-refractivity contribution in [2.45, 2.75) is 42.1 Å². The first-order valence-corrected chi connectivity index (χ1v) is 16.4. The van der Waals surface area contributed by atoms with Gasteiger partial charge in [-0.3, -0.25) is 13.8 Å². The molecular formula is C35H28O7S. The molecule has 1 heterocycles. The van der Waals surface area contributed by atoms with Crippen molar-refractivity contribution in [2.75, 3.05) is 0 Å². The zero-order valence-electron chi connectivity index (χ0n) is 23.0. The van der Waals surface area contributed by atoms with Gasteiger partial charge < -0.3 is 9.47 Å². The highest BCUT2D eigenvalue weighted by atomic mass is 32.2. The highest BCUT2D eigenvalue weighted by Gasteiger charge is 2.72. The number of hydrogen-bond donors (Lipinski definition) is 0. The highest BCUT2D eigenvalue weighted by Crippen LogP contribution is 2.60. The summed E-state index contributed by atoms with van der Waals surface area (Å²) in [4.78, 5) is 27.7. The number of carbonyl (C=O) groups excluding carboxylic acids is 2. The molecule has 1 aliphatic heterocycles. The fourth-order valence-electron chi connectivity index (χ4n) is 8.96. The molecular weight excluding hydrogens is 564 g/mol. The average Bonchev–Trinajstić information content (AvgIpc) is 3.64. The smallest absolute Gasteiger partial charge is 0.316 e. The number of rotatable bonds is 4. The summed E-state index contributed by atoms with van der Waals surface area (Å²) in [6.45, 7) is 0. The van der Waals surface area contributed by atoms with Crippen molar-refractivity contribution in [3.05, 3.63) is 113 Å². The minimum absolute atomic E-state index is 0.0900. The molecule has 4 aromatic rings. The fraction of sp³-hybridized carbons (Fsp3) is 0.314. The van der Waals surface area contributed by atoms with Gasteiger partial charge in [-0.15, -0.1) is 0 Å². The Morgan fingerprint density at radius 1 is 0.721 bits per heavy atom. The van der Waals surface area contributed by atoms with Gasteiger partial charge in [-0.25, -0.2) is 0 Å². The number of carbonyl (C=O) groups is 2. The molecule has 0 radical (unpaired) electrons. The molecule has 6 aliphatic rings. The van der Waals surface area contributed by atoms with Gasteiger partial charge in [0.15, 0.2) is 0 Å². The molecule has 4 aromatic carbocycles. The van der Waals surface area contributed by atoms with Crippen LogP contribution in [0.5, 0.6) is 5.75 Å². The highest BCUT2D eigenvalue weighted by molar-refractivity contribution is 7.87. The van der Waals surface area contributed by atoms with Crippen LogP contribution in [0.25, 0.3) is 10.8 Å². The molecule has 7 atom stereocenters. The number of benzene rings is 4. The molecule has 2 saturated carbocycles. The van der Waals surface area contributed by atoms with Gasteiger partial charge >= 0.3 is 11.9 Å². The molecule has 0 aromatic heterocycles. The molecule has 1 saturated heterocycles. The monoisotopic (exact) mass is 592 g/mol. The van der Waals surface area contributed by atoms with Crippen LogP contribution in [0.4, 0.5) is 0 Å². The van der Waals surface area contributed by atoms with E-state index in [-0.39, 0.29) is 17.8 Å². The Labute approximate surface area is 248 Å². The predicted molar refractivity (Wildman–Crippen MR) is 157 cm³/mol. The van der Waals surface area contributed by atoms with E-state index in [9.17, 15) is 18.0 Å². The van der Waals surface area contributed by atoms with Crippen LogP contribution < -0.4 is 4.74 Å². The third-order valence-electron chi connectivity index (χ3n) is 10.6. The zero-order valence-corrected chi connectivity index (χ0v) is 23.9. The lowest BCUT2D eigenvalue weighted by molar-refractivity contribution is -0.166.